The fourth-order valence-corrected chi connectivity index (χ4v) is 4.03. The van der Waals surface area contributed by atoms with Crippen LogP contribution in [0.15, 0.2) is 36.4 Å². The summed E-state index contributed by atoms with van der Waals surface area (Å²) in [5, 5.41) is 9.02. The Hall–Kier alpha value is -2.62. The molecule has 2 aromatic carbocycles. The summed E-state index contributed by atoms with van der Waals surface area (Å²) in [6, 6.07) is 10.5. The minimum atomic E-state index is -0.973. The van der Waals surface area contributed by atoms with E-state index in [1.165, 1.54) is 23.3 Å². The average molecular weight is 380 g/mol. The van der Waals surface area contributed by atoms with Gasteiger partial charge < -0.3 is 9.84 Å². The third-order valence-corrected chi connectivity index (χ3v) is 6.04. The number of fused-ring (bicyclic) bond motifs is 1. The molecule has 0 aromatic heterocycles. The third-order valence-electron chi connectivity index (χ3n) is 6.04. The third kappa shape index (κ3) is 3.68. The van der Waals surface area contributed by atoms with Gasteiger partial charge in [0.15, 0.2) is 5.78 Å². The van der Waals surface area contributed by atoms with Crippen LogP contribution >= 0.6 is 0 Å². The SMILES string of the molecule is COc1cc2c(cc1C(=O)Cc1ccc(C(=O)O)cc1)C(C)(C)CCC2(C)C. The van der Waals surface area contributed by atoms with Crippen LogP contribution in [-0.4, -0.2) is 24.0 Å². The van der Waals surface area contributed by atoms with Crippen LogP contribution in [-0.2, 0) is 17.3 Å². The quantitative estimate of drug-likeness (QED) is 0.727. The normalized spacial score (nSPS) is 16.9. The van der Waals surface area contributed by atoms with Gasteiger partial charge in [0.2, 0.25) is 0 Å². The van der Waals surface area contributed by atoms with E-state index >= 15 is 0 Å². The van der Waals surface area contributed by atoms with Gasteiger partial charge in [0, 0.05) is 6.42 Å². The van der Waals surface area contributed by atoms with Gasteiger partial charge in [-0.15, -0.1) is 0 Å². The molecule has 0 saturated carbocycles. The molecule has 0 amide bonds. The summed E-state index contributed by atoms with van der Waals surface area (Å²) in [6.45, 7) is 8.94. The van der Waals surface area contributed by atoms with E-state index in [-0.39, 0.29) is 28.6 Å². The van der Waals surface area contributed by atoms with Crippen LogP contribution in [0, 0.1) is 0 Å². The van der Waals surface area contributed by atoms with Gasteiger partial charge in [-0.25, -0.2) is 4.79 Å². The van der Waals surface area contributed by atoms with E-state index in [1.54, 1.807) is 19.2 Å². The molecule has 28 heavy (non-hydrogen) atoms. The molecular weight excluding hydrogens is 352 g/mol. The molecule has 0 atom stereocenters. The number of Topliss-reactive ketones (excluding diaryl/α,β-unsaturated/α-hetero) is 1. The molecule has 1 aliphatic rings. The largest absolute Gasteiger partial charge is 0.496 e. The Morgan fingerprint density at radius 3 is 2.00 bits per heavy atom. The minimum Gasteiger partial charge on any atom is -0.496 e. The van der Waals surface area contributed by atoms with Crippen molar-refractivity contribution in [3.05, 3.63) is 64.2 Å². The van der Waals surface area contributed by atoms with Gasteiger partial charge >= 0.3 is 5.97 Å². The lowest BCUT2D eigenvalue weighted by molar-refractivity contribution is 0.0696. The van der Waals surface area contributed by atoms with Crippen molar-refractivity contribution >= 4 is 11.8 Å². The van der Waals surface area contributed by atoms with Gasteiger partial charge in [-0.1, -0.05) is 39.8 Å². The second-order valence-electron chi connectivity index (χ2n) is 8.97. The number of aromatic carboxylic acids is 1. The maximum Gasteiger partial charge on any atom is 0.335 e. The van der Waals surface area contributed by atoms with Gasteiger partial charge in [0.05, 0.1) is 18.2 Å². The van der Waals surface area contributed by atoms with Crippen molar-refractivity contribution in [1.29, 1.82) is 0 Å². The van der Waals surface area contributed by atoms with Crippen molar-refractivity contribution in [1.82, 2.24) is 0 Å². The molecule has 0 unspecified atom stereocenters. The summed E-state index contributed by atoms with van der Waals surface area (Å²) < 4.78 is 5.58. The summed E-state index contributed by atoms with van der Waals surface area (Å²) >= 11 is 0. The standard InChI is InChI=1S/C24H28O4/c1-23(2)10-11-24(3,4)19-14-21(28-5)17(13-18(19)23)20(25)12-15-6-8-16(9-7-15)22(26)27/h6-9,13-14H,10-12H2,1-5H3,(H,26,27). The first-order valence-electron chi connectivity index (χ1n) is 9.63. The Morgan fingerprint density at radius 2 is 1.50 bits per heavy atom. The van der Waals surface area contributed by atoms with E-state index in [1.807, 2.05) is 12.1 Å². The summed E-state index contributed by atoms with van der Waals surface area (Å²) in [5.74, 6) is -0.391. The number of rotatable bonds is 5. The highest BCUT2D eigenvalue weighted by molar-refractivity contribution is 6.00. The van der Waals surface area contributed by atoms with Crippen LogP contribution in [0.4, 0.5) is 0 Å². The molecule has 2 aromatic rings. The topological polar surface area (TPSA) is 63.6 Å². The fourth-order valence-electron chi connectivity index (χ4n) is 4.03. The summed E-state index contributed by atoms with van der Waals surface area (Å²) in [7, 11) is 1.60. The van der Waals surface area contributed by atoms with Crippen LogP contribution in [0.1, 0.15) is 77.9 Å². The Bertz CT molecular complexity index is 920. The molecule has 0 aliphatic heterocycles. The second kappa shape index (κ2) is 7.08. The van der Waals surface area contributed by atoms with Gasteiger partial charge in [-0.3, -0.25) is 4.79 Å². The summed E-state index contributed by atoms with van der Waals surface area (Å²) in [4.78, 5) is 24.1. The Labute approximate surface area is 166 Å². The lowest BCUT2D eigenvalue weighted by atomic mass is 9.62. The average Bonchev–Trinajstić information content (AvgIpc) is 2.65. The first-order chi connectivity index (χ1) is 13.0. The van der Waals surface area contributed by atoms with E-state index in [0.717, 1.165) is 18.4 Å². The van der Waals surface area contributed by atoms with Crippen molar-refractivity contribution < 1.29 is 19.4 Å². The number of carbonyl (C=O) groups is 2. The van der Waals surface area contributed by atoms with E-state index < -0.39 is 5.97 Å². The van der Waals surface area contributed by atoms with E-state index in [9.17, 15) is 9.59 Å². The van der Waals surface area contributed by atoms with Crippen molar-refractivity contribution in [2.75, 3.05) is 7.11 Å². The molecule has 148 valence electrons. The zero-order chi connectivity index (χ0) is 20.7. The number of ketones is 1. The molecule has 4 heteroatoms. The van der Waals surface area contributed by atoms with Gasteiger partial charge in [0.25, 0.3) is 0 Å². The Kier molecular flexibility index (Phi) is 5.09. The minimum absolute atomic E-state index is 0.00922. The predicted molar refractivity (Wildman–Crippen MR) is 110 cm³/mol. The highest BCUT2D eigenvalue weighted by Crippen LogP contribution is 2.47. The molecule has 3 rings (SSSR count). The number of hydrogen-bond acceptors (Lipinski definition) is 3. The van der Waals surface area contributed by atoms with Crippen LogP contribution in [0.25, 0.3) is 0 Å². The Morgan fingerprint density at radius 1 is 0.964 bits per heavy atom. The monoisotopic (exact) mass is 380 g/mol. The first-order valence-corrected chi connectivity index (χ1v) is 9.63. The smallest absolute Gasteiger partial charge is 0.335 e. The summed E-state index contributed by atoms with van der Waals surface area (Å²) in [5.41, 5.74) is 4.12. The second-order valence-corrected chi connectivity index (χ2v) is 8.97. The number of ether oxygens (including phenoxy) is 1. The maximum absolute atomic E-state index is 13.1. The zero-order valence-electron chi connectivity index (χ0n) is 17.3. The molecule has 0 fully saturated rings. The molecule has 0 heterocycles. The molecule has 1 N–H and O–H groups in total. The number of carbonyl (C=O) groups excluding carboxylic acids is 1. The molecule has 0 spiro atoms. The maximum atomic E-state index is 13.1. The predicted octanol–water partition coefficient (Wildman–Crippen LogP) is 5.17. The molecular formula is C24H28O4. The number of hydrogen-bond donors (Lipinski definition) is 1. The van der Waals surface area contributed by atoms with E-state index in [0.29, 0.717) is 11.3 Å². The molecule has 1 aliphatic carbocycles. The summed E-state index contributed by atoms with van der Waals surface area (Å²) in [6.07, 6.45) is 2.38. The lowest BCUT2D eigenvalue weighted by Crippen LogP contribution is -2.34. The number of carboxylic acids is 1. The van der Waals surface area contributed by atoms with E-state index in [2.05, 4.69) is 27.7 Å². The van der Waals surface area contributed by atoms with Crippen LogP contribution < -0.4 is 4.74 Å². The fraction of sp³-hybridized carbons (Fsp3) is 0.417. The highest BCUT2D eigenvalue weighted by atomic mass is 16.5. The van der Waals surface area contributed by atoms with Gasteiger partial charge in [-0.05, 0) is 64.6 Å². The van der Waals surface area contributed by atoms with Gasteiger partial charge in [-0.2, -0.15) is 0 Å². The lowest BCUT2D eigenvalue weighted by Gasteiger charge is -2.42. The van der Waals surface area contributed by atoms with Crippen LogP contribution in [0.2, 0.25) is 0 Å². The zero-order valence-corrected chi connectivity index (χ0v) is 17.3. The number of benzene rings is 2. The molecule has 0 saturated heterocycles. The number of methoxy groups -OCH3 is 1. The van der Waals surface area contributed by atoms with Crippen LogP contribution in [0.3, 0.4) is 0 Å². The van der Waals surface area contributed by atoms with Crippen molar-refractivity contribution in [3.63, 3.8) is 0 Å². The highest BCUT2D eigenvalue weighted by Gasteiger charge is 2.38. The number of carboxylic acid groups (broad SMARTS) is 1. The molecule has 4 nitrogen and oxygen atoms in total. The van der Waals surface area contributed by atoms with E-state index in [4.69, 9.17) is 9.84 Å². The molecule has 0 radical (unpaired) electrons. The Balaban J connectivity index is 1.99. The molecule has 0 bridgehead atoms. The van der Waals surface area contributed by atoms with Gasteiger partial charge in [0.1, 0.15) is 5.75 Å². The van der Waals surface area contributed by atoms with Crippen molar-refractivity contribution in [3.8, 4) is 5.75 Å². The van der Waals surface area contributed by atoms with Crippen molar-refractivity contribution in [2.45, 2.75) is 57.8 Å². The van der Waals surface area contributed by atoms with Crippen molar-refractivity contribution in [2.24, 2.45) is 0 Å². The van der Waals surface area contributed by atoms with Crippen LogP contribution in [0.5, 0.6) is 5.75 Å². The first kappa shape index (κ1) is 20.1.